The number of aliphatic hydroxyl groups is 1. The van der Waals surface area contributed by atoms with Crippen LogP contribution in [0.3, 0.4) is 0 Å². The van der Waals surface area contributed by atoms with Gasteiger partial charge in [0.2, 0.25) is 5.60 Å². The largest absolute Gasteiger partial charge is 0.496 e. The van der Waals surface area contributed by atoms with E-state index in [0.717, 1.165) is 13.2 Å². The monoisotopic (exact) mass is 364 g/mol. The summed E-state index contributed by atoms with van der Waals surface area (Å²) in [5.74, 6) is -0.289. The molecule has 0 saturated carbocycles. The zero-order chi connectivity index (χ0) is 19.6. The molecule has 0 aliphatic heterocycles. The van der Waals surface area contributed by atoms with Gasteiger partial charge in [-0.2, -0.15) is 13.2 Å². The van der Waals surface area contributed by atoms with Crippen LogP contribution in [0.2, 0.25) is 0 Å². The topological polar surface area (TPSA) is 45.1 Å². The lowest BCUT2D eigenvalue weighted by Gasteiger charge is -2.39. The summed E-state index contributed by atoms with van der Waals surface area (Å²) in [6.07, 6.45) is -3.71. The molecule has 0 bridgehead atoms. The van der Waals surface area contributed by atoms with Crippen molar-refractivity contribution in [3.8, 4) is 5.75 Å². The number of hydrogen-bond acceptors (Lipinski definition) is 3. The lowest BCUT2D eigenvalue weighted by molar-refractivity contribution is -0.306. The van der Waals surface area contributed by atoms with Gasteiger partial charge in [0.05, 0.1) is 19.1 Å². The molecule has 0 aliphatic carbocycles. The number of halogens is 4. The van der Waals surface area contributed by atoms with Crippen LogP contribution in [0.15, 0.2) is 17.1 Å². The Morgan fingerprint density at radius 2 is 1.80 bits per heavy atom. The molecule has 0 aromatic heterocycles. The standard InChI is InChI=1S/C17H24F4N2O2/c1-7-23(5)10-22-13-9-14(25-6)12(8-11(13)2)16(24,15(3,4)18)17(19,20)21/h8-10,24H,7H2,1-6H3. The maximum absolute atomic E-state index is 14.4. The Hall–Kier alpha value is -1.83. The first kappa shape index (κ1) is 21.2. The number of methoxy groups -OCH3 is 1. The molecule has 0 aliphatic rings. The van der Waals surface area contributed by atoms with Gasteiger partial charge >= 0.3 is 6.18 Å². The Kier molecular flexibility index (Phi) is 6.10. The van der Waals surface area contributed by atoms with Crippen LogP contribution in [-0.4, -0.2) is 48.9 Å². The number of aliphatic imine (C=N–C) groups is 1. The molecule has 0 saturated heterocycles. The van der Waals surface area contributed by atoms with Crippen molar-refractivity contribution in [2.24, 2.45) is 4.99 Å². The molecule has 25 heavy (non-hydrogen) atoms. The Morgan fingerprint density at radius 1 is 1.24 bits per heavy atom. The number of ether oxygens (including phenoxy) is 1. The Labute approximate surface area is 145 Å². The van der Waals surface area contributed by atoms with Crippen molar-refractivity contribution < 1.29 is 27.4 Å². The minimum Gasteiger partial charge on any atom is -0.496 e. The second kappa shape index (κ2) is 7.19. The highest BCUT2D eigenvalue weighted by molar-refractivity contribution is 5.65. The van der Waals surface area contributed by atoms with E-state index in [1.165, 1.54) is 19.3 Å². The summed E-state index contributed by atoms with van der Waals surface area (Å²) in [6, 6.07) is 2.32. The quantitative estimate of drug-likeness (QED) is 0.469. The Balaban J connectivity index is 3.61. The number of aryl methyl sites for hydroxylation is 1. The average molecular weight is 364 g/mol. The Morgan fingerprint density at radius 3 is 2.20 bits per heavy atom. The van der Waals surface area contributed by atoms with E-state index in [0.29, 0.717) is 31.6 Å². The van der Waals surface area contributed by atoms with E-state index in [2.05, 4.69) is 4.99 Å². The molecule has 1 aromatic rings. The maximum Gasteiger partial charge on any atom is 0.424 e. The van der Waals surface area contributed by atoms with E-state index >= 15 is 0 Å². The van der Waals surface area contributed by atoms with Crippen LogP contribution in [0.5, 0.6) is 5.75 Å². The number of alkyl halides is 4. The van der Waals surface area contributed by atoms with Crippen LogP contribution in [0, 0.1) is 6.92 Å². The van der Waals surface area contributed by atoms with Gasteiger partial charge in [-0.3, -0.25) is 0 Å². The molecule has 0 radical (unpaired) electrons. The van der Waals surface area contributed by atoms with Gasteiger partial charge in [-0.05, 0) is 39.3 Å². The number of nitrogens with zero attached hydrogens (tertiary/aromatic N) is 2. The predicted molar refractivity (Wildman–Crippen MR) is 89.3 cm³/mol. The van der Waals surface area contributed by atoms with E-state index in [-0.39, 0.29) is 5.75 Å². The highest BCUT2D eigenvalue weighted by Crippen LogP contribution is 2.51. The minimum absolute atomic E-state index is 0.289. The van der Waals surface area contributed by atoms with Crippen LogP contribution in [0.4, 0.5) is 23.2 Å². The van der Waals surface area contributed by atoms with Gasteiger partial charge in [0.25, 0.3) is 0 Å². The fourth-order valence-electron chi connectivity index (χ4n) is 2.32. The van der Waals surface area contributed by atoms with Crippen LogP contribution in [0.1, 0.15) is 31.9 Å². The minimum atomic E-state index is -5.24. The average Bonchev–Trinajstić information content (AvgIpc) is 2.49. The zero-order valence-corrected chi connectivity index (χ0v) is 15.2. The van der Waals surface area contributed by atoms with E-state index in [4.69, 9.17) is 4.74 Å². The fraction of sp³-hybridized carbons (Fsp3) is 0.588. The first-order chi connectivity index (χ1) is 11.3. The molecule has 1 unspecified atom stereocenters. The highest BCUT2D eigenvalue weighted by atomic mass is 19.4. The predicted octanol–water partition coefficient (Wildman–Crippen LogP) is 4.11. The second-order valence-electron chi connectivity index (χ2n) is 6.34. The lowest BCUT2D eigenvalue weighted by Crippen LogP contribution is -2.55. The molecule has 0 spiro atoms. The molecular weight excluding hydrogens is 340 g/mol. The third-order valence-electron chi connectivity index (χ3n) is 4.07. The molecule has 1 atom stereocenters. The molecule has 1 rings (SSSR count). The third kappa shape index (κ3) is 4.05. The Bertz CT molecular complexity index is 623. The first-order valence-corrected chi connectivity index (χ1v) is 7.71. The van der Waals surface area contributed by atoms with Crippen molar-refractivity contribution in [2.75, 3.05) is 20.7 Å². The summed E-state index contributed by atoms with van der Waals surface area (Å²) in [7, 11) is 2.94. The number of hydrogen-bond donors (Lipinski definition) is 1. The van der Waals surface area contributed by atoms with Gasteiger partial charge < -0.3 is 14.7 Å². The molecule has 142 valence electrons. The van der Waals surface area contributed by atoms with Crippen molar-refractivity contribution in [3.63, 3.8) is 0 Å². The molecule has 0 heterocycles. The van der Waals surface area contributed by atoms with Crippen molar-refractivity contribution in [2.45, 2.75) is 45.1 Å². The molecule has 1 N–H and O–H groups in total. The van der Waals surface area contributed by atoms with Crippen LogP contribution in [-0.2, 0) is 5.60 Å². The van der Waals surface area contributed by atoms with Gasteiger partial charge in [-0.1, -0.05) is 0 Å². The summed E-state index contributed by atoms with van der Waals surface area (Å²) in [4.78, 5) is 5.97. The zero-order valence-electron chi connectivity index (χ0n) is 15.2. The molecular formula is C17H24F4N2O2. The van der Waals surface area contributed by atoms with Crippen molar-refractivity contribution in [1.29, 1.82) is 0 Å². The van der Waals surface area contributed by atoms with E-state index in [1.807, 2.05) is 6.92 Å². The fourth-order valence-corrected chi connectivity index (χ4v) is 2.32. The molecule has 0 fully saturated rings. The van der Waals surface area contributed by atoms with Crippen molar-refractivity contribution in [1.82, 2.24) is 4.90 Å². The van der Waals surface area contributed by atoms with Gasteiger partial charge in [0.1, 0.15) is 11.4 Å². The van der Waals surface area contributed by atoms with Crippen LogP contribution < -0.4 is 4.74 Å². The summed E-state index contributed by atoms with van der Waals surface area (Å²) in [5.41, 5.74) is -6.68. The summed E-state index contributed by atoms with van der Waals surface area (Å²) < 4.78 is 60.1. The molecule has 1 aromatic carbocycles. The lowest BCUT2D eigenvalue weighted by atomic mass is 9.79. The summed E-state index contributed by atoms with van der Waals surface area (Å²) >= 11 is 0. The van der Waals surface area contributed by atoms with Gasteiger partial charge in [0, 0.05) is 25.2 Å². The maximum atomic E-state index is 14.4. The van der Waals surface area contributed by atoms with E-state index < -0.39 is 23.0 Å². The number of rotatable bonds is 6. The van der Waals surface area contributed by atoms with Crippen molar-refractivity contribution in [3.05, 3.63) is 23.3 Å². The SMILES string of the molecule is CCN(C)C=Nc1cc(OC)c(C(O)(C(C)(C)F)C(F)(F)F)cc1C. The highest BCUT2D eigenvalue weighted by Gasteiger charge is 2.65. The molecule has 8 heteroatoms. The number of benzene rings is 1. The van der Waals surface area contributed by atoms with Gasteiger partial charge in [-0.25, -0.2) is 9.38 Å². The van der Waals surface area contributed by atoms with Crippen LogP contribution in [0.25, 0.3) is 0 Å². The first-order valence-electron chi connectivity index (χ1n) is 7.71. The van der Waals surface area contributed by atoms with E-state index in [1.54, 1.807) is 11.9 Å². The molecule has 4 nitrogen and oxygen atoms in total. The van der Waals surface area contributed by atoms with Gasteiger partial charge in [0.15, 0.2) is 0 Å². The van der Waals surface area contributed by atoms with Crippen LogP contribution >= 0.6 is 0 Å². The normalized spacial score (nSPS) is 15.3. The van der Waals surface area contributed by atoms with Crippen molar-refractivity contribution >= 4 is 12.0 Å². The smallest absolute Gasteiger partial charge is 0.424 e. The summed E-state index contributed by atoms with van der Waals surface area (Å²) in [6.45, 7) is 5.50. The van der Waals surface area contributed by atoms with E-state index in [9.17, 15) is 22.7 Å². The second-order valence-corrected chi connectivity index (χ2v) is 6.34. The summed E-state index contributed by atoms with van der Waals surface area (Å²) in [5, 5.41) is 10.3. The van der Waals surface area contributed by atoms with Gasteiger partial charge in [-0.15, -0.1) is 0 Å². The molecule has 0 amide bonds. The third-order valence-corrected chi connectivity index (χ3v) is 4.07.